The van der Waals surface area contributed by atoms with Gasteiger partial charge in [-0.2, -0.15) is 0 Å². The van der Waals surface area contributed by atoms with Crippen LogP contribution in [0.2, 0.25) is 0 Å². The van der Waals surface area contributed by atoms with Gasteiger partial charge in [0.2, 0.25) is 0 Å². The molecule has 0 saturated carbocycles. The van der Waals surface area contributed by atoms with Crippen molar-refractivity contribution in [1.82, 2.24) is 0 Å². The quantitative estimate of drug-likeness (QED) is 0.659. The molecule has 4 heteroatoms. The summed E-state index contributed by atoms with van der Waals surface area (Å²) < 4.78 is 6.86. The van der Waals surface area contributed by atoms with Gasteiger partial charge in [-0.3, -0.25) is 4.79 Å². The van der Waals surface area contributed by atoms with Crippen molar-refractivity contribution < 1.29 is 9.53 Å². The molecule has 2 aromatic carbocycles. The van der Waals surface area contributed by atoms with Crippen LogP contribution < -0.4 is 5.32 Å². The summed E-state index contributed by atoms with van der Waals surface area (Å²) in [6.07, 6.45) is 0.659. The van der Waals surface area contributed by atoms with E-state index < -0.39 is 0 Å². The van der Waals surface area contributed by atoms with E-state index in [1.54, 1.807) is 0 Å². The van der Waals surface area contributed by atoms with E-state index in [-0.39, 0.29) is 23.5 Å². The van der Waals surface area contributed by atoms with E-state index >= 15 is 0 Å². The Balaban J connectivity index is 2.13. The number of anilines is 1. The van der Waals surface area contributed by atoms with E-state index in [2.05, 4.69) is 72.3 Å². The Hall–Kier alpha value is -1.81. The lowest BCUT2D eigenvalue weighted by Crippen LogP contribution is -2.40. The topological polar surface area (TPSA) is 38.3 Å². The molecule has 1 aliphatic rings. The molecule has 2 atom stereocenters. The number of benzene rings is 2. The van der Waals surface area contributed by atoms with Gasteiger partial charge in [0.1, 0.15) is 6.10 Å². The van der Waals surface area contributed by atoms with Crippen LogP contribution in [0.25, 0.3) is 0 Å². The highest BCUT2D eigenvalue weighted by Gasteiger charge is 2.46. The van der Waals surface area contributed by atoms with Crippen molar-refractivity contribution in [2.24, 2.45) is 5.41 Å². The number of esters is 1. The van der Waals surface area contributed by atoms with E-state index in [0.29, 0.717) is 0 Å². The fraction of sp³-hybridized carbons (Fsp3) is 0.381. The number of hydrogen-bond donors (Lipinski definition) is 1. The minimum atomic E-state index is -0.300. The number of halogens is 1. The normalized spacial score (nSPS) is 21.2. The Labute approximate surface area is 157 Å². The molecule has 3 nitrogen and oxygen atoms in total. The fourth-order valence-electron chi connectivity index (χ4n) is 3.65. The molecule has 0 saturated heterocycles. The predicted molar refractivity (Wildman–Crippen MR) is 105 cm³/mol. The SMILES string of the molecule is CCc1ccc2c(c1)[C@H](OC(C)=O)C(C)(C)[C@@H](c1cccc(Br)c1)N2. The number of nitrogens with one attached hydrogen (secondary N) is 1. The Bertz CT molecular complexity index is 800. The highest BCUT2D eigenvalue weighted by molar-refractivity contribution is 9.10. The fourth-order valence-corrected chi connectivity index (χ4v) is 4.07. The molecule has 0 bridgehead atoms. The van der Waals surface area contributed by atoms with Gasteiger partial charge in [-0.1, -0.05) is 61.0 Å². The minimum absolute atomic E-state index is 0.0364. The molecule has 0 fully saturated rings. The van der Waals surface area contributed by atoms with Crippen LogP contribution in [0, 0.1) is 5.41 Å². The molecule has 1 heterocycles. The molecule has 0 unspecified atom stereocenters. The molecule has 2 aromatic rings. The van der Waals surface area contributed by atoms with E-state index in [0.717, 1.165) is 22.1 Å². The summed E-state index contributed by atoms with van der Waals surface area (Å²) in [6, 6.07) is 14.7. The Morgan fingerprint density at radius 3 is 2.64 bits per heavy atom. The second kappa shape index (κ2) is 6.83. The molecule has 3 rings (SSSR count). The summed E-state index contributed by atoms with van der Waals surface area (Å²) in [7, 11) is 0. The lowest BCUT2D eigenvalue weighted by molar-refractivity contribution is -0.154. The molecule has 25 heavy (non-hydrogen) atoms. The summed E-state index contributed by atoms with van der Waals surface area (Å²) in [5.41, 5.74) is 4.21. The average Bonchev–Trinajstić information content (AvgIpc) is 2.56. The number of ether oxygens (including phenoxy) is 1. The number of hydrogen-bond acceptors (Lipinski definition) is 3. The first-order valence-electron chi connectivity index (χ1n) is 8.65. The number of carbonyl (C=O) groups excluding carboxylic acids is 1. The van der Waals surface area contributed by atoms with E-state index in [4.69, 9.17) is 4.74 Å². The van der Waals surface area contributed by atoms with Crippen LogP contribution in [0.15, 0.2) is 46.9 Å². The number of fused-ring (bicyclic) bond motifs is 1. The minimum Gasteiger partial charge on any atom is -0.457 e. The molecular weight excluding hydrogens is 378 g/mol. The number of rotatable bonds is 3. The van der Waals surface area contributed by atoms with Crippen molar-refractivity contribution in [2.75, 3.05) is 5.32 Å². The van der Waals surface area contributed by atoms with Crippen molar-refractivity contribution in [3.8, 4) is 0 Å². The van der Waals surface area contributed by atoms with E-state index in [1.807, 2.05) is 12.1 Å². The van der Waals surface area contributed by atoms with Crippen molar-refractivity contribution >= 4 is 27.6 Å². The first kappa shape index (κ1) is 18.0. The lowest BCUT2D eigenvalue weighted by atomic mass is 9.70. The maximum absolute atomic E-state index is 11.8. The van der Waals surface area contributed by atoms with Crippen molar-refractivity contribution in [3.05, 3.63) is 63.6 Å². The monoisotopic (exact) mass is 401 g/mol. The molecule has 0 radical (unpaired) electrons. The Kier molecular flexibility index (Phi) is 4.92. The summed E-state index contributed by atoms with van der Waals surface area (Å²) in [5.74, 6) is -0.249. The van der Waals surface area contributed by atoms with Gasteiger partial charge in [0.15, 0.2) is 0 Å². The van der Waals surface area contributed by atoms with Crippen LogP contribution in [-0.2, 0) is 16.0 Å². The van der Waals surface area contributed by atoms with E-state index in [1.165, 1.54) is 18.1 Å². The smallest absolute Gasteiger partial charge is 0.303 e. The Morgan fingerprint density at radius 1 is 1.24 bits per heavy atom. The van der Waals surface area contributed by atoms with Gasteiger partial charge < -0.3 is 10.1 Å². The largest absolute Gasteiger partial charge is 0.457 e. The molecule has 0 spiro atoms. The molecule has 0 amide bonds. The molecule has 0 aromatic heterocycles. The van der Waals surface area contributed by atoms with Gasteiger partial charge in [-0.05, 0) is 35.7 Å². The highest BCUT2D eigenvalue weighted by Crippen LogP contribution is 2.53. The third-order valence-corrected chi connectivity index (χ3v) is 5.49. The molecule has 132 valence electrons. The average molecular weight is 402 g/mol. The zero-order chi connectivity index (χ0) is 18.2. The first-order valence-corrected chi connectivity index (χ1v) is 9.44. The predicted octanol–water partition coefficient (Wildman–Crippen LogP) is 5.81. The van der Waals surface area contributed by atoms with Gasteiger partial charge in [0, 0.05) is 28.1 Å². The van der Waals surface area contributed by atoms with Gasteiger partial charge in [-0.15, -0.1) is 0 Å². The molecule has 0 aliphatic carbocycles. The standard InChI is InChI=1S/C21H24BrNO2/c1-5-14-9-10-18-17(11-14)20(25-13(2)24)21(3,4)19(23-18)15-7-6-8-16(22)12-15/h6-12,19-20,23H,5H2,1-4H3/t19-,20+/m1/s1. The zero-order valence-electron chi connectivity index (χ0n) is 15.1. The summed E-state index contributed by atoms with van der Waals surface area (Å²) >= 11 is 3.56. The maximum atomic E-state index is 11.8. The van der Waals surface area contributed by atoms with E-state index in [9.17, 15) is 4.79 Å². The zero-order valence-corrected chi connectivity index (χ0v) is 16.7. The van der Waals surface area contributed by atoms with Crippen LogP contribution >= 0.6 is 15.9 Å². The third kappa shape index (κ3) is 3.45. The molecule has 1 aliphatic heterocycles. The van der Waals surface area contributed by atoms with Gasteiger partial charge in [0.25, 0.3) is 0 Å². The summed E-state index contributed by atoms with van der Waals surface area (Å²) in [5, 5.41) is 3.67. The lowest BCUT2D eigenvalue weighted by Gasteiger charge is -2.46. The first-order chi connectivity index (χ1) is 11.8. The second-order valence-electron chi connectivity index (χ2n) is 7.22. The summed E-state index contributed by atoms with van der Waals surface area (Å²) in [6.45, 7) is 7.92. The number of aryl methyl sites for hydroxylation is 1. The second-order valence-corrected chi connectivity index (χ2v) is 8.13. The van der Waals surface area contributed by atoms with Crippen molar-refractivity contribution in [2.45, 2.75) is 46.3 Å². The molecule has 1 N–H and O–H groups in total. The van der Waals surface area contributed by atoms with Crippen LogP contribution in [0.5, 0.6) is 0 Å². The van der Waals surface area contributed by atoms with Gasteiger partial charge >= 0.3 is 5.97 Å². The number of carbonyl (C=O) groups is 1. The Morgan fingerprint density at radius 2 is 2.00 bits per heavy atom. The maximum Gasteiger partial charge on any atom is 0.303 e. The van der Waals surface area contributed by atoms with Crippen molar-refractivity contribution in [1.29, 1.82) is 0 Å². The highest BCUT2D eigenvalue weighted by atomic mass is 79.9. The molecular formula is C21H24BrNO2. The summed E-state index contributed by atoms with van der Waals surface area (Å²) in [4.78, 5) is 11.8. The third-order valence-electron chi connectivity index (χ3n) is 4.99. The van der Waals surface area contributed by atoms with Crippen LogP contribution in [0.1, 0.15) is 56.5 Å². The van der Waals surface area contributed by atoms with Crippen LogP contribution in [-0.4, -0.2) is 5.97 Å². The van der Waals surface area contributed by atoms with Gasteiger partial charge in [-0.25, -0.2) is 0 Å². The van der Waals surface area contributed by atoms with Gasteiger partial charge in [0.05, 0.1) is 6.04 Å². The van der Waals surface area contributed by atoms with Crippen molar-refractivity contribution in [3.63, 3.8) is 0 Å². The van der Waals surface area contributed by atoms with Crippen LogP contribution in [0.3, 0.4) is 0 Å². The van der Waals surface area contributed by atoms with Crippen LogP contribution in [0.4, 0.5) is 5.69 Å².